The summed E-state index contributed by atoms with van der Waals surface area (Å²) in [6.07, 6.45) is 0. The third-order valence-corrected chi connectivity index (χ3v) is 8.04. The van der Waals surface area contributed by atoms with Gasteiger partial charge in [-0.2, -0.15) is 0 Å². The Hall–Kier alpha value is -3.70. The molecule has 0 unspecified atom stereocenters. The van der Waals surface area contributed by atoms with E-state index in [1.165, 1.54) is 42.3 Å². The van der Waals surface area contributed by atoms with E-state index < -0.39 is 0 Å². The van der Waals surface area contributed by atoms with E-state index in [0.29, 0.717) is 13.1 Å². The molecule has 162 valence electrons. The first-order valence-electron chi connectivity index (χ1n) is 11.1. The molecule has 0 aliphatic carbocycles. The molecule has 4 aromatic carbocycles. The highest BCUT2D eigenvalue weighted by molar-refractivity contribution is 8.00. The minimum atomic E-state index is 0.606. The van der Waals surface area contributed by atoms with E-state index >= 15 is 0 Å². The summed E-state index contributed by atoms with van der Waals surface area (Å²) in [7, 11) is 0. The van der Waals surface area contributed by atoms with Crippen LogP contribution in [0.15, 0.2) is 117 Å². The molecular formula is C30H20N2S2. The molecule has 34 heavy (non-hydrogen) atoms. The van der Waals surface area contributed by atoms with Crippen molar-refractivity contribution in [2.45, 2.75) is 19.6 Å². The van der Waals surface area contributed by atoms with E-state index in [9.17, 15) is 0 Å². The van der Waals surface area contributed by atoms with Crippen LogP contribution in [0.25, 0.3) is 0 Å². The highest BCUT2D eigenvalue weighted by atomic mass is 32.2. The van der Waals surface area contributed by atoms with Crippen LogP contribution in [0.3, 0.4) is 0 Å². The van der Waals surface area contributed by atoms with Crippen LogP contribution in [0.5, 0.6) is 0 Å². The second kappa shape index (κ2) is 9.27. The topological polar surface area (TPSA) is 6.48 Å². The van der Waals surface area contributed by atoms with Crippen molar-refractivity contribution in [1.29, 1.82) is 0 Å². The Bertz CT molecular complexity index is 1300. The molecule has 0 aromatic heterocycles. The maximum Gasteiger partial charge on any atom is 0.0854 e. The molecule has 4 heteroatoms. The molecule has 2 nitrogen and oxygen atoms in total. The lowest BCUT2D eigenvalue weighted by atomic mass is 10.2. The fourth-order valence-corrected chi connectivity index (χ4v) is 6.42. The maximum absolute atomic E-state index is 3.28. The average Bonchev–Trinajstić information content (AvgIpc) is 2.89. The molecule has 4 aromatic rings. The van der Waals surface area contributed by atoms with Gasteiger partial charge in [-0.25, -0.2) is 0 Å². The average molecular weight is 473 g/mol. The van der Waals surface area contributed by atoms with Gasteiger partial charge in [-0.1, -0.05) is 83.9 Å². The van der Waals surface area contributed by atoms with E-state index in [-0.39, 0.29) is 0 Å². The van der Waals surface area contributed by atoms with Crippen LogP contribution in [0.2, 0.25) is 0 Å². The van der Waals surface area contributed by atoms with E-state index in [1.54, 1.807) is 0 Å². The number of para-hydroxylation sites is 4. The number of hydrogen-bond acceptors (Lipinski definition) is 4. The lowest BCUT2D eigenvalue weighted by molar-refractivity contribution is 1.05. The molecule has 0 fully saturated rings. The van der Waals surface area contributed by atoms with Gasteiger partial charge in [-0.3, -0.25) is 0 Å². The normalized spacial score (nSPS) is 12.7. The second-order valence-electron chi connectivity index (χ2n) is 7.85. The van der Waals surface area contributed by atoms with Crippen LogP contribution in [-0.2, 0) is 0 Å². The Labute approximate surface area is 209 Å². The first kappa shape index (κ1) is 20.9. The lowest BCUT2D eigenvalue weighted by Gasteiger charge is -2.31. The van der Waals surface area contributed by atoms with E-state index in [4.69, 9.17) is 0 Å². The Balaban J connectivity index is 1.22. The van der Waals surface area contributed by atoms with E-state index in [1.807, 2.05) is 23.5 Å². The molecule has 0 saturated heterocycles. The highest BCUT2D eigenvalue weighted by Gasteiger charge is 2.23. The van der Waals surface area contributed by atoms with Gasteiger partial charge in [0.05, 0.1) is 35.8 Å². The Kier molecular flexibility index (Phi) is 5.69. The zero-order valence-corrected chi connectivity index (χ0v) is 20.0. The van der Waals surface area contributed by atoms with Gasteiger partial charge in [0.1, 0.15) is 0 Å². The lowest BCUT2D eigenvalue weighted by Crippen LogP contribution is -2.21. The molecule has 2 heterocycles. The summed E-state index contributed by atoms with van der Waals surface area (Å²) in [6.45, 7) is 1.21. The molecule has 2 aliphatic heterocycles. The van der Waals surface area contributed by atoms with Crippen LogP contribution in [0.4, 0.5) is 22.7 Å². The Morgan fingerprint density at radius 3 is 1.06 bits per heavy atom. The number of hydrogen-bond donors (Lipinski definition) is 0. The molecular weight excluding hydrogens is 452 g/mol. The van der Waals surface area contributed by atoms with Crippen molar-refractivity contribution in [2.24, 2.45) is 0 Å². The summed E-state index contributed by atoms with van der Waals surface area (Å²) in [5.74, 6) is 12.7. The van der Waals surface area contributed by atoms with Gasteiger partial charge in [0, 0.05) is 19.6 Å². The van der Waals surface area contributed by atoms with Gasteiger partial charge in [0.2, 0.25) is 0 Å². The molecule has 0 radical (unpaired) electrons. The smallest absolute Gasteiger partial charge is 0.0854 e. The number of fused-ring (bicyclic) bond motifs is 4. The molecule has 0 spiro atoms. The number of benzene rings is 4. The summed E-state index contributed by atoms with van der Waals surface area (Å²) >= 11 is 3.63. The minimum absolute atomic E-state index is 0.606. The Morgan fingerprint density at radius 2 is 0.735 bits per heavy atom. The van der Waals surface area contributed by atoms with Crippen LogP contribution in [0.1, 0.15) is 0 Å². The largest absolute Gasteiger partial charge is 0.328 e. The first-order valence-corrected chi connectivity index (χ1v) is 12.7. The van der Waals surface area contributed by atoms with Crippen molar-refractivity contribution in [3.8, 4) is 23.7 Å². The van der Waals surface area contributed by atoms with Crippen LogP contribution in [-0.4, -0.2) is 13.1 Å². The third-order valence-electron chi connectivity index (χ3n) is 5.78. The molecule has 0 atom stereocenters. The van der Waals surface area contributed by atoms with Crippen molar-refractivity contribution >= 4 is 46.3 Å². The van der Waals surface area contributed by atoms with E-state index in [0.717, 1.165) is 0 Å². The first-order chi connectivity index (χ1) is 16.9. The number of anilines is 4. The summed E-state index contributed by atoms with van der Waals surface area (Å²) < 4.78 is 0. The zero-order valence-electron chi connectivity index (χ0n) is 18.4. The van der Waals surface area contributed by atoms with Crippen LogP contribution >= 0.6 is 23.5 Å². The SMILES string of the molecule is C(C#CCN1c2ccccc2Sc2ccccc21)#CCN1c2ccccc2Sc2ccccc21. The van der Waals surface area contributed by atoms with Crippen molar-refractivity contribution in [3.63, 3.8) is 0 Å². The monoisotopic (exact) mass is 472 g/mol. The van der Waals surface area contributed by atoms with Gasteiger partial charge < -0.3 is 9.80 Å². The molecule has 0 saturated carbocycles. The number of nitrogens with zero attached hydrogens (tertiary/aromatic N) is 2. The zero-order chi connectivity index (χ0) is 22.7. The number of rotatable bonds is 2. The molecule has 0 N–H and O–H groups in total. The molecule has 0 amide bonds. The summed E-state index contributed by atoms with van der Waals surface area (Å²) in [4.78, 5) is 9.60. The molecule has 2 aliphatic rings. The van der Waals surface area contributed by atoms with E-state index in [2.05, 4.69) is 131 Å². The quantitative estimate of drug-likeness (QED) is 0.277. The summed E-state index contributed by atoms with van der Waals surface area (Å²) in [5.41, 5.74) is 4.81. The molecule has 0 bridgehead atoms. The highest BCUT2D eigenvalue weighted by Crippen LogP contribution is 2.48. The Morgan fingerprint density at radius 1 is 0.441 bits per heavy atom. The van der Waals surface area contributed by atoms with Gasteiger partial charge in [-0.15, -0.1) is 0 Å². The predicted octanol–water partition coefficient (Wildman–Crippen LogP) is 7.60. The maximum atomic E-state index is 3.28. The van der Waals surface area contributed by atoms with Gasteiger partial charge >= 0.3 is 0 Å². The van der Waals surface area contributed by atoms with Gasteiger partial charge in [0.25, 0.3) is 0 Å². The van der Waals surface area contributed by atoms with Crippen molar-refractivity contribution in [1.82, 2.24) is 0 Å². The van der Waals surface area contributed by atoms with Gasteiger partial charge in [0.15, 0.2) is 0 Å². The van der Waals surface area contributed by atoms with Crippen molar-refractivity contribution in [2.75, 3.05) is 22.9 Å². The van der Waals surface area contributed by atoms with Crippen LogP contribution < -0.4 is 9.80 Å². The minimum Gasteiger partial charge on any atom is -0.328 e. The van der Waals surface area contributed by atoms with Crippen molar-refractivity contribution in [3.05, 3.63) is 97.1 Å². The molecule has 6 rings (SSSR count). The predicted molar refractivity (Wildman–Crippen MR) is 144 cm³/mol. The standard InChI is InChI=1S/C30H20N2S2/c1(11-21-31-23-13-3-7-17-27(23)33-28-18-8-4-14-24(28)31)2-12-22-32-25-15-5-9-19-29(25)34-30-20-10-6-16-26(30)32/h3-10,13-20H,21-22H2. The fraction of sp³-hybridized carbons (Fsp3) is 0.0667. The van der Waals surface area contributed by atoms with Crippen molar-refractivity contribution < 1.29 is 0 Å². The second-order valence-corrected chi connectivity index (χ2v) is 10.0. The third kappa shape index (κ3) is 3.93. The van der Waals surface area contributed by atoms with Gasteiger partial charge in [-0.05, 0) is 60.4 Å². The summed E-state index contributed by atoms with van der Waals surface area (Å²) in [6, 6.07) is 34.0. The fourth-order valence-electron chi connectivity index (χ4n) is 4.23. The summed E-state index contributed by atoms with van der Waals surface area (Å²) in [5, 5.41) is 0. The van der Waals surface area contributed by atoms with Crippen LogP contribution in [0, 0.1) is 23.7 Å².